The minimum atomic E-state index is -0.181. The lowest BCUT2D eigenvalue weighted by molar-refractivity contribution is 0.169. The maximum Gasteiger partial charge on any atom is 0.322 e. The van der Waals surface area contributed by atoms with Crippen molar-refractivity contribution < 1.29 is 14.6 Å². The first kappa shape index (κ1) is 19.0. The number of aliphatic hydroxyl groups excluding tert-OH is 1. The molecule has 1 atom stereocenters. The number of aliphatic hydroxyl groups is 1. The van der Waals surface area contributed by atoms with Crippen LogP contribution in [0.2, 0.25) is 0 Å². The predicted octanol–water partition coefficient (Wildman–Crippen LogP) is 3.64. The van der Waals surface area contributed by atoms with Crippen LogP contribution in [-0.4, -0.2) is 35.8 Å². The third-order valence-electron chi connectivity index (χ3n) is 4.02. The van der Waals surface area contributed by atoms with Crippen LogP contribution in [0.5, 0.6) is 0 Å². The fourth-order valence-corrected chi connectivity index (χ4v) is 2.65. The van der Waals surface area contributed by atoms with Gasteiger partial charge in [-0.1, -0.05) is 42.5 Å². The van der Waals surface area contributed by atoms with E-state index in [2.05, 4.69) is 5.32 Å². The first-order valence-corrected chi connectivity index (χ1v) is 8.44. The van der Waals surface area contributed by atoms with E-state index >= 15 is 0 Å². The summed E-state index contributed by atoms with van der Waals surface area (Å²) in [6.07, 6.45) is 0.532. The number of hydrogen-bond acceptors (Lipinski definition) is 3. The average molecular weight is 342 g/mol. The quantitative estimate of drug-likeness (QED) is 0.770. The number of anilines is 1. The zero-order valence-electron chi connectivity index (χ0n) is 14.8. The van der Waals surface area contributed by atoms with Crippen LogP contribution >= 0.6 is 0 Å². The van der Waals surface area contributed by atoms with Gasteiger partial charge >= 0.3 is 6.03 Å². The van der Waals surface area contributed by atoms with Crippen molar-refractivity contribution in [2.45, 2.75) is 32.5 Å². The third kappa shape index (κ3) is 5.89. The van der Waals surface area contributed by atoms with Crippen molar-refractivity contribution in [2.75, 3.05) is 19.0 Å². The molecule has 5 heteroatoms. The first-order valence-electron chi connectivity index (χ1n) is 8.44. The van der Waals surface area contributed by atoms with E-state index in [4.69, 9.17) is 4.74 Å². The Morgan fingerprint density at radius 2 is 1.88 bits per heavy atom. The molecule has 0 spiro atoms. The lowest BCUT2D eigenvalue weighted by Gasteiger charge is -2.29. The molecule has 2 aromatic rings. The summed E-state index contributed by atoms with van der Waals surface area (Å²) < 4.78 is 5.13. The van der Waals surface area contributed by atoms with Crippen LogP contribution in [0.1, 0.15) is 24.5 Å². The Balaban J connectivity index is 2.12. The monoisotopic (exact) mass is 342 g/mol. The van der Waals surface area contributed by atoms with Crippen molar-refractivity contribution in [3.63, 3.8) is 0 Å². The summed E-state index contributed by atoms with van der Waals surface area (Å²) in [5.74, 6) is 0. The third-order valence-corrected chi connectivity index (χ3v) is 4.02. The molecule has 0 radical (unpaired) electrons. The number of carbonyl (C=O) groups excluding carboxylic acids is 1. The lowest BCUT2D eigenvalue weighted by Crippen LogP contribution is -2.41. The zero-order chi connectivity index (χ0) is 18.1. The van der Waals surface area contributed by atoms with Crippen LogP contribution in [0, 0.1) is 0 Å². The van der Waals surface area contributed by atoms with Gasteiger partial charge in [-0.15, -0.1) is 0 Å². The molecule has 2 rings (SSSR count). The van der Waals surface area contributed by atoms with Crippen LogP contribution < -0.4 is 5.32 Å². The smallest absolute Gasteiger partial charge is 0.322 e. The molecule has 0 aliphatic carbocycles. The number of benzene rings is 2. The molecule has 2 N–H and O–H groups in total. The molecule has 0 aliphatic heterocycles. The van der Waals surface area contributed by atoms with E-state index in [1.54, 1.807) is 12.0 Å². The second-order valence-corrected chi connectivity index (χ2v) is 6.04. The van der Waals surface area contributed by atoms with Crippen molar-refractivity contribution >= 4 is 11.7 Å². The number of hydrogen-bond donors (Lipinski definition) is 2. The molecule has 2 aromatic carbocycles. The molecule has 0 fully saturated rings. The van der Waals surface area contributed by atoms with Crippen LogP contribution in [0.15, 0.2) is 54.6 Å². The molecule has 5 nitrogen and oxygen atoms in total. The average Bonchev–Trinajstić information content (AvgIpc) is 2.61. The second kappa shape index (κ2) is 9.81. The SMILES string of the molecule is COCc1cccc(NC(=O)N(Cc2ccccc2)C(C)CCO)c1. The molecular formula is C20H26N2O3. The summed E-state index contributed by atoms with van der Waals surface area (Å²) in [4.78, 5) is 14.5. The number of carbonyl (C=O) groups is 1. The van der Waals surface area contributed by atoms with Crippen LogP contribution in [0.4, 0.5) is 10.5 Å². The van der Waals surface area contributed by atoms with Crippen molar-refractivity contribution in [1.29, 1.82) is 0 Å². The van der Waals surface area contributed by atoms with Crippen molar-refractivity contribution in [1.82, 2.24) is 4.90 Å². The highest BCUT2D eigenvalue weighted by Crippen LogP contribution is 2.16. The number of ether oxygens (including phenoxy) is 1. The van der Waals surface area contributed by atoms with Crippen LogP contribution in [0.3, 0.4) is 0 Å². The summed E-state index contributed by atoms with van der Waals surface area (Å²) in [6, 6.07) is 17.2. The number of urea groups is 1. The number of methoxy groups -OCH3 is 1. The molecule has 25 heavy (non-hydrogen) atoms. The van der Waals surface area contributed by atoms with Gasteiger partial charge in [-0.05, 0) is 36.6 Å². The molecule has 134 valence electrons. The van der Waals surface area contributed by atoms with Crippen molar-refractivity contribution in [3.05, 3.63) is 65.7 Å². The fourth-order valence-electron chi connectivity index (χ4n) is 2.65. The van der Waals surface area contributed by atoms with E-state index in [0.717, 1.165) is 16.8 Å². The fraction of sp³-hybridized carbons (Fsp3) is 0.350. The minimum absolute atomic E-state index is 0.0447. The van der Waals surface area contributed by atoms with E-state index in [1.165, 1.54) is 0 Å². The highest BCUT2D eigenvalue weighted by Gasteiger charge is 2.20. The summed E-state index contributed by atoms with van der Waals surface area (Å²) in [6.45, 7) is 2.98. The lowest BCUT2D eigenvalue weighted by atomic mass is 10.1. The summed E-state index contributed by atoms with van der Waals surface area (Å²) in [5, 5.41) is 12.2. The Labute approximate surface area is 149 Å². The van der Waals surface area contributed by atoms with E-state index in [0.29, 0.717) is 19.6 Å². The molecule has 0 heterocycles. The van der Waals surface area contributed by atoms with Crippen molar-refractivity contribution in [2.24, 2.45) is 0 Å². The summed E-state index contributed by atoms with van der Waals surface area (Å²) in [5.41, 5.74) is 2.78. The van der Waals surface area contributed by atoms with Gasteiger partial charge in [-0.3, -0.25) is 0 Å². The van der Waals surface area contributed by atoms with Crippen LogP contribution in [-0.2, 0) is 17.9 Å². The Morgan fingerprint density at radius 1 is 1.16 bits per heavy atom. The molecule has 2 amide bonds. The summed E-state index contributed by atoms with van der Waals surface area (Å²) >= 11 is 0. The molecule has 0 saturated heterocycles. The Bertz CT molecular complexity index is 661. The standard InChI is InChI=1S/C20H26N2O3/c1-16(11-12-23)22(14-17-7-4-3-5-8-17)20(24)21-19-10-6-9-18(13-19)15-25-2/h3-10,13,16,23H,11-12,14-15H2,1-2H3,(H,21,24). The van der Waals surface area contributed by atoms with Gasteiger partial charge in [0, 0.05) is 32.0 Å². The summed E-state index contributed by atoms with van der Waals surface area (Å²) in [7, 11) is 1.64. The van der Waals surface area contributed by atoms with Crippen molar-refractivity contribution in [3.8, 4) is 0 Å². The maximum absolute atomic E-state index is 12.8. The Hall–Kier alpha value is -2.37. The molecular weight excluding hydrogens is 316 g/mol. The minimum Gasteiger partial charge on any atom is -0.396 e. The Kier molecular flexibility index (Phi) is 7.44. The molecule has 1 unspecified atom stereocenters. The molecule has 0 aliphatic rings. The predicted molar refractivity (Wildman–Crippen MR) is 99.3 cm³/mol. The van der Waals surface area contributed by atoms with Crippen LogP contribution in [0.25, 0.3) is 0 Å². The largest absolute Gasteiger partial charge is 0.396 e. The molecule has 0 bridgehead atoms. The van der Waals surface area contributed by atoms with Gasteiger partial charge < -0.3 is 20.1 Å². The molecule has 0 aromatic heterocycles. The first-order chi connectivity index (χ1) is 12.1. The topological polar surface area (TPSA) is 61.8 Å². The highest BCUT2D eigenvalue weighted by molar-refractivity contribution is 5.89. The van der Waals surface area contributed by atoms with Gasteiger partial charge in [0.05, 0.1) is 6.61 Å². The van der Waals surface area contributed by atoms with E-state index in [-0.39, 0.29) is 18.7 Å². The number of amides is 2. The van der Waals surface area contributed by atoms with E-state index in [1.807, 2.05) is 61.5 Å². The van der Waals surface area contributed by atoms with Gasteiger partial charge in [-0.2, -0.15) is 0 Å². The zero-order valence-corrected chi connectivity index (χ0v) is 14.8. The van der Waals surface area contributed by atoms with Gasteiger partial charge in [0.15, 0.2) is 0 Å². The number of rotatable bonds is 8. The van der Waals surface area contributed by atoms with Gasteiger partial charge in [0.2, 0.25) is 0 Å². The van der Waals surface area contributed by atoms with E-state index in [9.17, 15) is 9.90 Å². The van der Waals surface area contributed by atoms with Gasteiger partial charge in [0.1, 0.15) is 0 Å². The molecule has 0 saturated carbocycles. The van der Waals surface area contributed by atoms with Gasteiger partial charge in [-0.25, -0.2) is 4.79 Å². The highest BCUT2D eigenvalue weighted by atomic mass is 16.5. The number of nitrogens with one attached hydrogen (secondary N) is 1. The maximum atomic E-state index is 12.8. The van der Waals surface area contributed by atoms with Gasteiger partial charge in [0.25, 0.3) is 0 Å². The Morgan fingerprint density at radius 3 is 2.56 bits per heavy atom. The van der Waals surface area contributed by atoms with E-state index < -0.39 is 0 Å². The normalized spacial score (nSPS) is 11.8. The number of nitrogens with zero attached hydrogens (tertiary/aromatic N) is 1. The second-order valence-electron chi connectivity index (χ2n) is 6.04.